The molecule has 1 saturated heterocycles. The van der Waals surface area contributed by atoms with E-state index in [1.54, 1.807) is 0 Å². The van der Waals surface area contributed by atoms with Gasteiger partial charge in [0, 0.05) is 19.5 Å². The average Bonchev–Trinajstić information content (AvgIpc) is 2.51. The summed E-state index contributed by atoms with van der Waals surface area (Å²) in [7, 11) is 0. The van der Waals surface area contributed by atoms with E-state index < -0.39 is 0 Å². The number of nitrogens with zero attached hydrogens (tertiary/aromatic N) is 3. The van der Waals surface area contributed by atoms with Gasteiger partial charge in [-0.25, -0.2) is 0 Å². The molecule has 0 radical (unpaired) electrons. The third-order valence-electron chi connectivity index (χ3n) is 3.62. The number of benzene rings is 1. The zero-order valence-corrected chi connectivity index (χ0v) is 11.4. The van der Waals surface area contributed by atoms with Gasteiger partial charge in [-0.05, 0) is 24.8 Å². The van der Waals surface area contributed by atoms with E-state index in [1.807, 2.05) is 30.3 Å². The van der Waals surface area contributed by atoms with Crippen LogP contribution in [0.4, 0.5) is 5.95 Å². The number of piperidine rings is 1. The summed E-state index contributed by atoms with van der Waals surface area (Å²) in [6.45, 7) is 1.89. The quantitative estimate of drug-likeness (QED) is 0.923. The summed E-state index contributed by atoms with van der Waals surface area (Å²) < 4.78 is 0. The molecule has 0 atom stereocenters. The molecule has 3 rings (SSSR count). The van der Waals surface area contributed by atoms with Crippen LogP contribution in [0.1, 0.15) is 30.5 Å². The topological polar surface area (TPSA) is 61.9 Å². The van der Waals surface area contributed by atoms with Crippen LogP contribution in [0.25, 0.3) is 0 Å². The van der Waals surface area contributed by atoms with Gasteiger partial charge in [-0.3, -0.25) is 9.78 Å². The van der Waals surface area contributed by atoms with Crippen molar-refractivity contribution in [3.8, 4) is 0 Å². The van der Waals surface area contributed by atoms with Crippen LogP contribution >= 0.6 is 0 Å². The van der Waals surface area contributed by atoms with Crippen LogP contribution in [-0.4, -0.2) is 28.3 Å². The van der Waals surface area contributed by atoms with Crippen molar-refractivity contribution < 1.29 is 0 Å². The highest BCUT2D eigenvalue weighted by molar-refractivity contribution is 5.29. The van der Waals surface area contributed by atoms with Crippen molar-refractivity contribution in [2.45, 2.75) is 25.7 Å². The van der Waals surface area contributed by atoms with Crippen LogP contribution in [0.5, 0.6) is 0 Å². The van der Waals surface area contributed by atoms with Gasteiger partial charge in [0.2, 0.25) is 5.95 Å². The van der Waals surface area contributed by atoms with Crippen molar-refractivity contribution in [2.75, 3.05) is 18.0 Å². The summed E-state index contributed by atoms with van der Waals surface area (Å²) >= 11 is 0. The molecule has 2 aromatic rings. The SMILES string of the molecule is O=c1[nH]c(N2CCCCC2)nnc1Cc1ccccc1. The second kappa shape index (κ2) is 5.86. The molecule has 1 aromatic carbocycles. The molecule has 1 fully saturated rings. The summed E-state index contributed by atoms with van der Waals surface area (Å²) in [5.74, 6) is 0.603. The maximum absolute atomic E-state index is 12.1. The number of aromatic amines is 1. The first-order valence-electron chi connectivity index (χ1n) is 7.08. The van der Waals surface area contributed by atoms with Crippen molar-refractivity contribution in [3.63, 3.8) is 0 Å². The van der Waals surface area contributed by atoms with Crippen LogP contribution in [-0.2, 0) is 6.42 Å². The molecule has 104 valence electrons. The standard InChI is InChI=1S/C15H18N4O/c20-14-13(11-12-7-3-1-4-8-12)17-18-15(16-14)19-9-5-2-6-10-19/h1,3-4,7-8H,2,5-6,9-11H2,(H,16,18,20). The van der Waals surface area contributed by atoms with Gasteiger partial charge >= 0.3 is 0 Å². The molecule has 2 heterocycles. The zero-order chi connectivity index (χ0) is 13.8. The minimum absolute atomic E-state index is 0.135. The summed E-state index contributed by atoms with van der Waals surface area (Å²) in [4.78, 5) is 17.1. The predicted molar refractivity (Wildman–Crippen MR) is 78.0 cm³/mol. The minimum atomic E-state index is -0.135. The van der Waals surface area contributed by atoms with Crippen molar-refractivity contribution in [3.05, 3.63) is 51.9 Å². The normalized spacial score (nSPS) is 15.3. The van der Waals surface area contributed by atoms with Gasteiger partial charge in [0.05, 0.1) is 0 Å². The monoisotopic (exact) mass is 270 g/mol. The van der Waals surface area contributed by atoms with Crippen molar-refractivity contribution in [1.82, 2.24) is 15.2 Å². The fourth-order valence-corrected chi connectivity index (χ4v) is 2.50. The molecule has 0 amide bonds. The second-order valence-electron chi connectivity index (χ2n) is 5.13. The zero-order valence-electron chi connectivity index (χ0n) is 11.4. The Morgan fingerprint density at radius 1 is 1.05 bits per heavy atom. The molecular weight excluding hydrogens is 252 g/mol. The molecule has 1 aliphatic heterocycles. The highest BCUT2D eigenvalue weighted by Gasteiger charge is 2.14. The molecule has 1 N–H and O–H groups in total. The first-order valence-corrected chi connectivity index (χ1v) is 7.08. The molecule has 0 aliphatic carbocycles. The first kappa shape index (κ1) is 12.8. The Kier molecular flexibility index (Phi) is 3.76. The van der Waals surface area contributed by atoms with E-state index >= 15 is 0 Å². The largest absolute Gasteiger partial charge is 0.341 e. The molecule has 0 unspecified atom stereocenters. The number of aromatic nitrogens is 3. The van der Waals surface area contributed by atoms with Crippen LogP contribution in [0.3, 0.4) is 0 Å². The lowest BCUT2D eigenvalue weighted by Crippen LogP contribution is -2.33. The Morgan fingerprint density at radius 2 is 1.80 bits per heavy atom. The summed E-state index contributed by atoms with van der Waals surface area (Å²) in [6, 6.07) is 9.84. The predicted octanol–water partition coefficient (Wildman–Crippen LogP) is 1.75. The van der Waals surface area contributed by atoms with Crippen molar-refractivity contribution in [1.29, 1.82) is 0 Å². The van der Waals surface area contributed by atoms with E-state index in [0.29, 0.717) is 18.1 Å². The number of H-pyrrole nitrogens is 1. The van der Waals surface area contributed by atoms with Crippen molar-refractivity contribution in [2.24, 2.45) is 0 Å². The maximum atomic E-state index is 12.1. The Bertz CT molecular complexity index is 617. The molecule has 0 bridgehead atoms. The number of hydrogen-bond donors (Lipinski definition) is 1. The smallest absolute Gasteiger partial charge is 0.274 e. The summed E-state index contributed by atoms with van der Waals surface area (Å²) in [6.07, 6.45) is 4.06. The third kappa shape index (κ3) is 2.87. The molecule has 0 spiro atoms. The van der Waals surface area contributed by atoms with Gasteiger partial charge in [-0.2, -0.15) is 0 Å². The van der Waals surface area contributed by atoms with E-state index in [2.05, 4.69) is 20.1 Å². The van der Waals surface area contributed by atoms with E-state index in [4.69, 9.17) is 0 Å². The maximum Gasteiger partial charge on any atom is 0.274 e. The minimum Gasteiger partial charge on any atom is -0.341 e. The van der Waals surface area contributed by atoms with Crippen LogP contribution in [0.15, 0.2) is 35.1 Å². The fourth-order valence-electron chi connectivity index (χ4n) is 2.50. The number of hydrogen-bond acceptors (Lipinski definition) is 4. The average molecular weight is 270 g/mol. The van der Waals surface area contributed by atoms with Gasteiger partial charge in [0.1, 0.15) is 5.69 Å². The lowest BCUT2D eigenvalue weighted by atomic mass is 10.1. The fraction of sp³-hybridized carbons (Fsp3) is 0.400. The number of rotatable bonds is 3. The van der Waals surface area contributed by atoms with Crippen LogP contribution in [0.2, 0.25) is 0 Å². The highest BCUT2D eigenvalue weighted by atomic mass is 16.1. The first-order chi connectivity index (χ1) is 9.83. The molecule has 20 heavy (non-hydrogen) atoms. The Labute approximate surface area is 117 Å². The second-order valence-corrected chi connectivity index (χ2v) is 5.13. The van der Waals surface area contributed by atoms with Gasteiger partial charge in [0.25, 0.3) is 5.56 Å². The lowest BCUT2D eigenvalue weighted by molar-refractivity contribution is 0.563. The van der Waals surface area contributed by atoms with Gasteiger partial charge < -0.3 is 4.90 Å². The van der Waals surface area contributed by atoms with Crippen LogP contribution in [0, 0.1) is 0 Å². The van der Waals surface area contributed by atoms with E-state index in [1.165, 1.54) is 6.42 Å². The molecule has 0 saturated carbocycles. The molecule has 5 nitrogen and oxygen atoms in total. The summed E-state index contributed by atoms with van der Waals surface area (Å²) in [5, 5.41) is 8.29. The molecule has 1 aliphatic rings. The van der Waals surface area contributed by atoms with Gasteiger partial charge in [0.15, 0.2) is 0 Å². The van der Waals surface area contributed by atoms with E-state index in [9.17, 15) is 4.79 Å². The van der Waals surface area contributed by atoms with Gasteiger partial charge in [-0.1, -0.05) is 30.3 Å². The molecule has 1 aromatic heterocycles. The lowest BCUT2D eigenvalue weighted by Gasteiger charge is -2.26. The number of nitrogens with one attached hydrogen (secondary N) is 1. The van der Waals surface area contributed by atoms with E-state index in [0.717, 1.165) is 31.5 Å². The molecule has 5 heteroatoms. The Balaban J connectivity index is 1.79. The van der Waals surface area contributed by atoms with Crippen molar-refractivity contribution >= 4 is 5.95 Å². The Hall–Kier alpha value is -2.17. The Morgan fingerprint density at radius 3 is 2.50 bits per heavy atom. The van der Waals surface area contributed by atoms with E-state index in [-0.39, 0.29) is 5.56 Å². The van der Waals surface area contributed by atoms with Gasteiger partial charge in [-0.15, -0.1) is 10.2 Å². The third-order valence-corrected chi connectivity index (χ3v) is 3.62. The highest BCUT2D eigenvalue weighted by Crippen LogP contribution is 2.13. The van der Waals surface area contributed by atoms with Crippen LogP contribution < -0.4 is 10.5 Å². The number of anilines is 1. The summed E-state index contributed by atoms with van der Waals surface area (Å²) in [5.41, 5.74) is 1.40. The molecular formula is C15H18N4O.